The maximum Gasteiger partial charge on any atom is 0.119 e. The Balaban J connectivity index is 2.03. The third kappa shape index (κ3) is 5.67. The molecular weight excluding hydrogens is 218 g/mol. The highest BCUT2D eigenvalue weighted by molar-refractivity contribution is 7.99. The summed E-state index contributed by atoms with van der Waals surface area (Å²) in [4.78, 5) is 0. The van der Waals surface area contributed by atoms with Crippen molar-refractivity contribution < 1.29 is 4.74 Å². The lowest BCUT2D eigenvalue weighted by molar-refractivity contribution is 0.310. The quantitative estimate of drug-likeness (QED) is 0.679. The molecule has 3 heteroatoms. The third-order valence-electron chi connectivity index (χ3n) is 2.14. The van der Waals surface area contributed by atoms with E-state index in [2.05, 4.69) is 25.1 Å². The second kappa shape index (κ2) is 8.06. The molecule has 2 nitrogen and oxygen atoms in total. The summed E-state index contributed by atoms with van der Waals surface area (Å²) < 4.78 is 5.59. The summed E-state index contributed by atoms with van der Waals surface area (Å²) >= 11 is 1.68. The molecule has 0 spiro atoms. The van der Waals surface area contributed by atoms with Crippen LogP contribution in [-0.2, 0) is 0 Å². The SMILES string of the molecule is Cc1ccc(OCCCCSCC#N)cc1. The molecule has 0 N–H and O–H groups in total. The van der Waals surface area contributed by atoms with Crippen LogP contribution in [0, 0.1) is 18.3 Å². The van der Waals surface area contributed by atoms with Gasteiger partial charge in [-0.15, -0.1) is 11.8 Å². The lowest BCUT2D eigenvalue weighted by atomic mass is 10.2. The zero-order chi connectivity index (χ0) is 11.6. The summed E-state index contributed by atoms with van der Waals surface area (Å²) in [6.45, 7) is 2.83. The summed E-state index contributed by atoms with van der Waals surface area (Å²) in [5.74, 6) is 2.58. The first kappa shape index (κ1) is 12.9. The van der Waals surface area contributed by atoms with Crippen LogP contribution >= 0.6 is 11.8 Å². The zero-order valence-corrected chi connectivity index (χ0v) is 10.4. The minimum absolute atomic E-state index is 0.596. The minimum Gasteiger partial charge on any atom is -0.494 e. The maximum absolute atomic E-state index is 8.34. The van der Waals surface area contributed by atoms with Crippen LogP contribution in [0.15, 0.2) is 24.3 Å². The van der Waals surface area contributed by atoms with Gasteiger partial charge in [-0.3, -0.25) is 0 Å². The van der Waals surface area contributed by atoms with Crippen molar-refractivity contribution in [2.45, 2.75) is 19.8 Å². The molecule has 0 heterocycles. The lowest BCUT2D eigenvalue weighted by Gasteiger charge is -2.05. The monoisotopic (exact) mass is 235 g/mol. The van der Waals surface area contributed by atoms with Crippen molar-refractivity contribution in [3.8, 4) is 11.8 Å². The summed E-state index contributed by atoms with van der Waals surface area (Å²) in [5.41, 5.74) is 1.25. The van der Waals surface area contributed by atoms with Crippen LogP contribution in [0.2, 0.25) is 0 Å². The van der Waals surface area contributed by atoms with Gasteiger partial charge in [0.05, 0.1) is 18.4 Å². The van der Waals surface area contributed by atoms with Crippen molar-refractivity contribution in [2.75, 3.05) is 18.1 Å². The number of unbranched alkanes of at least 4 members (excludes halogenated alkanes) is 1. The molecule has 0 saturated carbocycles. The zero-order valence-electron chi connectivity index (χ0n) is 9.61. The number of nitriles is 1. The molecule has 1 aromatic carbocycles. The fraction of sp³-hybridized carbons (Fsp3) is 0.462. The van der Waals surface area contributed by atoms with Crippen molar-refractivity contribution in [3.63, 3.8) is 0 Å². The lowest BCUT2D eigenvalue weighted by Crippen LogP contribution is -1.98. The number of ether oxygens (including phenoxy) is 1. The van der Waals surface area contributed by atoms with E-state index < -0.39 is 0 Å². The van der Waals surface area contributed by atoms with Crippen LogP contribution in [-0.4, -0.2) is 18.1 Å². The van der Waals surface area contributed by atoms with Gasteiger partial charge in [-0.1, -0.05) is 17.7 Å². The van der Waals surface area contributed by atoms with Gasteiger partial charge < -0.3 is 4.74 Å². The van der Waals surface area contributed by atoms with Gasteiger partial charge in [0.25, 0.3) is 0 Å². The van der Waals surface area contributed by atoms with Crippen LogP contribution in [0.4, 0.5) is 0 Å². The van der Waals surface area contributed by atoms with E-state index in [4.69, 9.17) is 10.00 Å². The van der Waals surface area contributed by atoms with Crippen LogP contribution < -0.4 is 4.74 Å². The van der Waals surface area contributed by atoms with Crippen LogP contribution in [0.3, 0.4) is 0 Å². The first-order valence-electron chi connectivity index (χ1n) is 5.47. The first-order chi connectivity index (χ1) is 7.83. The molecule has 0 amide bonds. The number of benzene rings is 1. The van der Waals surface area contributed by atoms with E-state index in [1.165, 1.54) is 5.56 Å². The molecule has 0 aliphatic carbocycles. The van der Waals surface area contributed by atoms with Crippen LogP contribution in [0.25, 0.3) is 0 Å². The summed E-state index contributed by atoms with van der Waals surface area (Å²) in [5, 5.41) is 8.34. The number of hydrogen-bond donors (Lipinski definition) is 0. The van der Waals surface area contributed by atoms with E-state index >= 15 is 0 Å². The predicted octanol–water partition coefficient (Wildman–Crippen LogP) is 3.41. The summed E-state index contributed by atoms with van der Waals surface area (Å²) in [6, 6.07) is 10.2. The molecule has 0 bridgehead atoms. The average molecular weight is 235 g/mol. The number of aryl methyl sites for hydroxylation is 1. The Kier molecular flexibility index (Phi) is 6.52. The molecule has 1 aromatic rings. The Bertz CT molecular complexity index is 329. The number of nitrogens with zero attached hydrogens (tertiary/aromatic N) is 1. The summed E-state index contributed by atoms with van der Waals surface area (Å²) in [6.07, 6.45) is 2.16. The van der Waals surface area contributed by atoms with E-state index in [9.17, 15) is 0 Å². The average Bonchev–Trinajstić information content (AvgIpc) is 2.30. The van der Waals surface area contributed by atoms with Crippen LogP contribution in [0.1, 0.15) is 18.4 Å². The van der Waals surface area contributed by atoms with Gasteiger partial charge in [-0.25, -0.2) is 0 Å². The van der Waals surface area contributed by atoms with Crippen molar-refractivity contribution in [2.24, 2.45) is 0 Å². The molecule has 0 fully saturated rings. The van der Waals surface area contributed by atoms with Gasteiger partial charge in [0.15, 0.2) is 0 Å². The number of thioether (sulfide) groups is 1. The van der Waals surface area contributed by atoms with Gasteiger partial charge in [0.1, 0.15) is 5.75 Å². The van der Waals surface area contributed by atoms with E-state index in [1.807, 2.05) is 12.1 Å². The second-order valence-corrected chi connectivity index (χ2v) is 4.68. The van der Waals surface area contributed by atoms with E-state index in [1.54, 1.807) is 11.8 Å². The smallest absolute Gasteiger partial charge is 0.119 e. The number of rotatable bonds is 7. The standard InChI is InChI=1S/C13H17NOS/c1-12-4-6-13(7-5-12)15-9-2-3-10-16-11-8-14/h4-7H,2-3,9-11H2,1H3. The van der Waals surface area contributed by atoms with Crippen molar-refractivity contribution in [1.82, 2.24) is 0 Å². The van der Waals surface area contributed by atoms with Gasteiger partial charge >= 0.3 is 0 Å². The Morgan fingerprint density at radius 2 is 2.00 bits per heavy atom. The Morgan fingerprint density at radius 3 is 2.69 bits per heavy atom. The molecule has 0 saturated heterocycles. The van der Waals surface area contributed by atoms with Gasteiger partial charge in [0, 0.05) is 0 Å². The fourth-order valence-electron chi connectivity index (χ4n) is 1.25. The largest absolute Gasteiger partial charge is 0.494 e. The first-order valence-corrected chi connectivity index (χ1v) is 6.62. The minimum atomic E-state index is 0.596. The molecule has 0 aliphatic rings. The highest BCUT2D eigenvalue weighted by Gasteiger charge is 1.93. The predicted molar refractivity (Wildman–Crippen MR) is 68.8 cm³/mol. The van der Waals surface area contributed by atoms with Crippen molar-refractivity contribution >= 4 is 11.8 Å². The third-order valence-corrected chi connectivity index (χ3v) is 3.05. The highest BCUT2D eigenvalue weighted by Crippen LogP contribution is 2.12. The van der Waals surface area contributed by atoms with E-state index in [0.29, 0.717) is 5.75 Å². The van der Waals surface area contributed by atoms with Crippen LogP contribution in [0.5, 0.6) is 5.75 Å². The van der Waals surface area contributed by atoms with E-state index in [0.717, 1.165) is 31.0 Å². The molecule has 0 atom stereocenters. The molecule has 1 rings (SSSR count). The molecule has 0 radical (unpaired) electrons. The molecule has 16 heavy (non-hydrogen) atoms. The van der Waals surface area contributed by atoms with E-state index in [-0.39, 0.29) is 0 Å². The molecule has 0 aromatic heterocycles. The molecule has 0 aliphatic heterocycles. The van der Waals surface area contributed by atoms with Crippen molar-refractivity contribution in [3.05, 3.63) is 29.8 Å². The molecular formula is C13H17NOS. The Hall–Kier alpha value is -1.14. The normalized spacial score (nSPS) is 9.75. The maximum atomic E-state index is 8.34. The van der Waals surface area contributed by atoms with Gasteiger partial charge in [-0.05, 0) is 37.7 Å². The highest BCUT2D eigenvalue weighted by atomic mass is 32.2. The van der Waals surface area contributed by atoms with Gasteiger partial charge in [0.2, 0.25) is 0 Å². The molecule has 0 unspecified atom stereocenters. The second-order valence-electron chi connectivity index (χ2n) is 3.58. The topological polar surface area (TPSA) is 33.0 Å². The Labute approximate surface area is 102 Å². The fourth-order valence-corrected chi connectivity index (χ4v) is 1.89. The van der Waals surface area contributed by atoms with Crippen molar-refractivity contribution in [1.29, 1.82) is 5.26 Å². The Morgan fingerprint density at radius 1 is 1.25 bits per heavy atom. The summed E-state index contributed by atoms with van der Waals surface area (Å²) in [7, 11) is 0. The molecule has 86 valence electrons. The number of hydrogen-bond acceptors (Lipinski definition) is 3. The van der Waals surface area contributed by atoms with Gasteiger partial charge in [-0.2, -0.15) is 5.26 Å².